The number of likely N-dealkylation sites (tertiary alicyclic amines) is 1. The first kappa shape index (κ1) is 27.2. The zero-order valence-corrected chi connectivity index (χ0v) is 19.9. The van der Waals surface area contributed by atoms with Crippen molar-refractivity contribution in [3.63, 3.8) is 0 Å². The molecule has 7 nitrogen and oxygen atoms in total. The maximum absolute atomic E-state index is 12.4. The Bertz CT molecular complexity index is 520. The summed E-state index contributed by atoms with van der Waals surface area (Å²) in [6.07, 6.45) is 19.9. The van der Waals surface area contributed by atoms with Crippen molar-refractivity contribution >= 4 is 17.9 Å². The number of nitrogens with two attached hydrogens (primary N) is 2. The van der Waals surface area contributed by atoms with Crippen molar-refractivity contribution < 1.29 is 9.59 Å². The van der Waals surface area contributed by atoms with Gasteiger partial charge in [0.2, 0.25) is 5.91 Å². The zero-order valence-electron chi connectivity index (χ0n) is 19.9. The van der Waals surface area contributed by atoms with Gasteiger partial charge in [0.1, 0.15) is 0 Å². The van der Waals surface area contributed by atoms with Crippen molar-refractivity contribution in [2.75, 3.05) is 13.1 Å². The number of carbonyl (C=O) groups is 2. The first-order valence-corrected chi connectivity index (χ1v) is 12.7. The summed E-state index contributed by atoms with van der Waals surface area (Å²) < 4.78 is 0. The quantitative estimate of drug-likeness (QED) is 0.162. The van der Waals surface area contributed by atoms with Crippen LogP contribution in [-0.4, -0.2) is 41.9 Å². The lowest BCUT2D eigenvalue weighted by atomic mass is 10.0. The van der Waals surface area contributed by atoms with Gasteiger partial charge in [-0.25, -0.2) is 4.79 Å². The number of hydrogen-bond acceptors (Lipinski definition) is 3. The molecule has 7 heteroatoms. The van der Waals surface area contributed by atoms with Gasteiger partial charge >= 0.3 is 6.03 Å². The first-order chi connectivity index (χ1) is 15.0. The van der Waals surface area contributed by atoms with Crippen molar-refractivity contribution in [2.45, 2.75) is 122 Å². The van der Waals surface area contributed by atoms with Crippen molar-refractivity contribution in [2.24, 2.45) is 16.5 Å². The summed E-state index contributed by atoms with van der Waals surface area (Å²) in [4.78, 5) is 29.6. The molecule has 3 amide bonds. The lowest BCUT2D eigenvalue weighted by Crippen LogP contribution is -2.45. The number of aliphatic imine (C=N–C) groups is 1. The van der Waals surface area contributed by atoms with E-state index in [9.17, 15) is 9.59 Å². The number of amides is 3. The summed E-state index contributed by atoms with van der Waals surface area (Å²) in [5, 5.41) is 3.02. The molecule has 1 saturated heterocycles. The van der Waals surface area contributed by atoms with Crippen LogP contribution in [-0.2, 0) is 4.79 Å². The van der Waals surface area contributed by atoms with E-state index in [1.54, 1.807) is 0 Å². The highest BCUT2D eigenvalue weighted by Gasteiger charge is 2.27. The van der Waals surface area contributed by atoms with Gasteiger partial charge in [-0.2, -0.15) is 0 Å². The van der Waals surface area contributed by atoms with Gasteiger partial charge in [-0.15, -0.1) is 0 Å². The van der Waals surface area contributed by atoms with Crippen molar-refractivity contribution in [3.8, 4) is 0 Å². The maximum Gasteiger partial charge on any atom is 0.324 e. The van der Waals surface area contributed by atoms with Crippen LogP contribution in [0.1, 0.15) is 116 Å². The molecule has 0 aromatic heterocycles. The number of nitrogens with zero attached hydrogens (tertiary/aromatic N) is 2. The van der Waals surface area contributed by atoms with E-state index in [4.69, 9.17) is 11.5 Å². The van der Waals surface area contributed by atoms with E-state index in [0.717, 1.165) is 19.3 Å². The Labute approximate surface area is 189 Å². The third-order valence-corrected chi connectivity index (χ3v) is 6.07. The maximum atomic E-state index is 12.4. The van der Waals surface area contributed by atoms with Gasteiger partial charge in [-0.3, -0.25) is 14.7 Å². The van der Waals surface area contributed by atoms with E-state index in [-0.39, 0.29) is 23.9 Å². The van der Waals surface area contributed by atoms with Gasteiger partial charge in [-0.1, -0.05) is 90.4 Å². The number of rotatable bonds is 18. The van der Waals surface area contributed by atoms with Crippen molar-refractivity contribution in [1.82, 2.24) is 10.2 Å². The van der Waals surface area contributed by atoms with Crippen LogP contribution in [0.2, 0.25) is 0 Å². The monoisotopic (exact) mass is 437 g/mol. The smallest absolute Gasteiger partial charge is 0.324 e. The molecule has 31 heavy (non-hydrogen) atoms. The molecule has 1 rings (SSSR count). The average molecular weight is 438 g/mol. The predicted molar refractivity (Wildman–Crippen MR) is 129 cm³/mol. The molecule has 180 valence electrons. The predicted octanol–water partition coefficient (Wildman–Crippen LogP) is 4.83. The molecule has 0 aromatic rings. The van der Waals surface area contributed by atoms with Gasteiger partial charge in [-0.05, 0) is 19.3 Å². The molecule has 1 unspecified atom stereocenters. The summed E-state index contributed by atoms with van der Waals surface area (Å²) in [5.74, 6) is -0.0119. The van der Waals surface area contributed by atoms with Crippen molar-refractivity contribution in [1.29, 1.82) is 0 Å². The Balaban J connectivity index is 2.14. The Morgan fingerprint density at radius 3 is 1.97 bits per heavy atom. The van der Waals surface area contributed by atoms with Crippen LogP contribution < -0.4 is 16.8 Å². The van der Waals surface area contributed by atoms with E-state index in [1.807, 2.05) is 0 Å². The van der Waals surface area contributed by atoms with Gasteiger partial charge in [0.25, 0.3) is 0 Å². The van der Waals surface area contributed by atoms with Gasteiger partial charge in [0.05, 0.1) is 0 Å². The fourth-order valence-electron chi connectivity index (χ4n) is 4.16. The molecule has 0 aromatic carbocycles. The SMILES string of the molecule is CCCCCCCCCCCCCCCC(CCN=C(N)N)NC(=O)N1CCCC1=O. The van der Waals surface area contributed by atoms with Crippen LogP contribution in [0.15, 0.2) is 4.99 Å². The highest BCUT2D eigenvalue weighted by Crippen LogP contribution is 2.15. The first-order valence-electron chi connectivity index (χ1n) is 12.7. The number of guanidine groups is 1. The largest absolute Gasteiger partial charge is 0.370 e. The normalized spacial score (nSPS) is 14.6. The Kier molecular flexibility index (Phi) is 15.7. The lowest BCUT2D eigenvalue weighted by molar-refractivity contribution is -0.125. The number of nitrogens with one attached hydrogen (secondary N) is 1. The second kappa shape index (κ2) is 17.8. The zero-order chi connectivity index (χ0) is 22.7. The third-order valence-electron chi connectivity index (χ3n) is 6.07. The summed E-state index contributed by atoms with van der Waals surface area (Å²) in [7, 11) is 0. The summed E-state index contributed by atoms with van der Waals surface area (Å²) in [6.45, 7) is 3.27. The molecule has 1 aliphatic rings. The molecule has 0 spiro atoms. The van der Waals surface area contributed by atoms with Gasteiger partial charge < -0.3 is 16.8 Å². The lowest BCUT2D eigenvalue weighted by Gasteiger charge is -2.22. The number of carbonyl (C=O) groups excluding carboxylic acids is 2. The molecular formula is C24H47N5O2. The Hall–Kier alpha value is -1.79. The highest BCUT2D eigenvalue weighted by molar-refractivity contribution is 5.95. The minimum Gasteiger partial charge on any atom is -0.370 e. The minimum absolute atomic E-state index is 0.00305. The molecule has 0 saturated carbocycles. The van der Waals surface area contributed by atoms with Crippen LogP contribution in [0, 0.1) is 0 Å². The molecule has 1 aliphatic heterocycles. The molecule has 0 aliphatic carbocycles. The number of unbranched alkanes of at least 4 members (excludes halogenated alkanes) is 12. The molecule has 1 heterocycles. The fourth-order valence-corrected chi connectivity index (χ4v) is 4.16. The molecule has 0 bridgehead atoms. The van der Waals surface area contributed by atoms with Gasteiger partial charge in [0.15, 0.2) is 5.96 Å². The summed E-state index contributed by atoms with van der Waals surface area (Å²) in [6, 6.07) is -0.274. The standard InChI is InChI=1S/C24H47N5O2/c1-2-3-4-5-6-7-8-9-10-11-12-13-14-16-21(18-19-27-23(25)26)28-24(31)29-20-15-17-22(29)30/h21H,2-20H2,1H3,(H,28,31)(H4,25,26,27). The van der Waals surface area contributed by atoms with Crippen LogP contribution in [0.3, 0.4) is 0 Å². The topological polar surface area (TPSA) is 114 Å². The van der Waals surface area contributed by atoms with Crippen LogP contribution in [0.4, 0.5) is 4.79 Å². The molecule has 0 radical (unpaired) electrons. The number of urea groups is 1. The molecular weight excluding hydrogens is 390 g/mol. The average Bonchev–Trinajstić information content (AvgIpc) is 3.17. The molecule has 1 fully saturated rings. The Morgan fingerprint density at radius 2 is 1.48 bits per heavy atom. The molecule has 5 N–H and O–H groups in total. The second-order valence-corrected chi connectivity index (χ2v) is 8.92. The van der Waals surface area contributed by atoms with E-state index in [1.165, 1.54) is 81.9 Å². The van der Waals surface area contributed by atoms with E-state index < -0.39 is 0 Å². The fraction of sp³-hybridized carbons (Fsp3) is 0.875. The number of imide groups is 1. The molecule has 1 atom stereocenters. The van der Waals surface area contributed by atoms with E-state index in [2.05, 4.69) is 17.2 Å². The highest BCUT2D eigenvalue weighted by atomic mass is 16.2. The van der Waals surface area contributed by atoms with Crippen LogP contribution in [0.5, 0.6) is 0 Å². The summed E-state index contributed by atoms with van der Waals surface area (Å²) in [5.41, 5.74) is 10.8. The second-order valence-electron chi connectivity index (χ2n) is 8.92. The van der Waals surface area contributed by atoms with E-state index >= 15 is 0 Å². The summed E-state index contributed by atoms with van der Waals surface area (Å²) >= 11 is 0. The van der Waals surface area contributed by atoms with Crippen LogP contribution in [0.25, 0.3) is 0 Å². The minimum atomic E-state index is -0.271. The van der Waals surface area contributed by atoms with Crippen molar-refractivity contribution in [3.05, 3.63) is 0 Å². The third kappa shape index (κ3) is 14.0. The van der Waals surface area contributed by atoms with Crippen LogP contribution >= 0.6 is 0 Å². The van der Waals surface area contributed by atoms with E-state index in [0.29, 0.717) is 25.9 Å². The van der Waals surface area contributed by atoms with Gasteiger partial charge in [0, 0.05) is 25.6 Å². The Morgan fingerprint density at radius 1 is 0.935 bits per heavy atom. The number of hydrogen-bond donors (Lipinski definition) is 3.